The van der Waals surface area contributed by atoms with E-state index in [1.807, 2.05) is 6.07 Å². The number of aromatic nitrogens is 1. The fourth-order valence-electron chi connectivity index (χ4n) is 2.96. The summed E-state index contributed by atoms with van der Waals surface area (Å²) in [4.78, 5) is 4.41. The molecule has 1 heterocycles. The summed E-state index contributed by atoms with van der Waals surface area (Å²) in [7, 11) is 0. The van der Waals surface area contributed by atoms with Crippen molar-refractivity contribution in [1.29, 1.82) is 0 Å². The molecule has 110 valence electrons. The Labute approximate surface area is 126 Å². The predicted molar refractivity (Wildman–Crippen MR) is 84.9 cm³/mol. The maximum Gasteiger partial charge on any atom is 0.223 e. The van der Waals surface area contributed by atoms with E-state index in [1.165, 1.54) is 24.0 Å². The van der Waals surface area contributed by atoms with Crippen LogP contribution >= 0.6 is 0 Å². The first-order valence-electron chi connectivity index (χ1n) is 7.76. The number of hydrogen-bond acceptors (Lipinski definition) is 3. The maximum atomic E-state index is 6.05. The molecule has 1 aromatic carbocycles. The molecule has 1 unspecified atom stereocenters. The second kappa shape index (κ2) is 6.27. The zero-order valence-electron chi connectivity index (χ0n) is 12.7. The van der Waals surface area contributed by atoms with Crippen LogP contribution in [0.1, 0.15) is 43.0 Å². The highest BCUT2D eigenvalue weighted by atomic mass is 16.5. The second-order valence-electron chi connectivity index (χ2n) is 5.56. The topological polar surface area (TPSA) is 34.2 Å². The van der Waals surface area contributed by atoms with E-state index in [0.717, 1.165) is 24.3 Å². The molecule has 0 bridgehead atoms. The molecule has 1 N–H and O–H groups in total. The van der Waals surface area contributed by atoms with Gasteiger partial charge in [-0.05, 0) is 62.1 Å². The van der Waals surface area contributed by atoms with Crippen LogP contribution in [0.5, 0.6) is 11.6 Å². The first kappa shape index (κ1) is 14.1. The van der Waals surface area contributed by atoms with Crippen molar-refractivity contribution in [2.45, 2.75) is 39.2 Å². The van der Waals surface area contributed by atoms with Gasteiger partial charge >= 0.3 is 0 Å². The molecule has 1 atom stereocenters. The van der Waals surface area contributed by atoms with Crippen LogP contribution in [0.2, 0.25) is 0 Å². The van der Waals surface area contributed by atoms with Crippen LogP contribution in [0.25, 0.3) is 0 Å². The minimum atomic E-state index is 0.230. The zero-order chi connectivity index (χ0) is 14.7. The number of hydrogen-bond donors (Lipinski definition) is 1. The molecule has 0 radical (unpaired) electrons. The molecule has 21 heavy (non-hydrogen) atoms. The van der Waals surface area contributed by atoms with E-state index in [4.69, 9.17) is 4.74 Å². The normalized spacial score (nSPS) is 14.8. The quantitative estimate of drug-likeness (QED) is 0.899. The second-order valence-corrected chi connectivity index (χ2v) is 5.56. The Morgan fingerprint density at radius 1 is 1.24 bits per heavy atom. The number of benzene rings is 1. The van der Waals surface area contributed by atoms with E-state index < -0.39 is 0 Å². The van der Waals surface area contributed by atoms with Crippen LogP contribution in [0.4, 0.5) is 0 Å². The third kappa shape index (κ3) is 3.08. The molecule has 3 heteroatoms. The van der Waals surface area contributed by atoms with Crippen LogP contribution in [0, 0.1) is 0 Å². The fourth-order valence-corrected chi connectivity index (χ4v) is 2.96. The van der Waals surface area contributed by atoms with Gasteiger partial charge in [0.15, 0.2) is 0 Å². The minimum absolute atomic E-state index is 0.230. The summed E-state index contributed by atoms with van der Waals surface area (Å²) in [6, 6.07) is 10.7. The summed E-state index contributed by atoms with van der Waals surface area (Å²) in [5.74, 6) is 1.59. The monoisotopic (exact) mass is 282 g/mol. The van der Waals surface area contributed by atoms with Crippen LogP contribution < -0.4 is 10.1 Å². The van der Waals surface area contributed by atoms with Gasteiger partial charge in [-0.15, -0.1) is 0 Å². The van der Waals surface area contributed by atoms with Crippen molar-refractivity contribution in [3.05, 3.63) is 53.2 Å². The van der Waals surface area contributed by atoms with Crippen molar-refractivity contribution in [2.75, 3.05) is 6.54 Å². The Hall–Kier alpha value is -1.87. The van der Waals surface area contributed by atoms with Crippen molar-refractivity contribution in [3.8, 4) is 11.6 Å². The average molecular weight is 282 g/mol. The van der Waals surface area contributed by atoms with Gasteiger partial charge in [0.05, 0.1) is 0 Å². The van der Waals surface area contributed by atoms with E-state index in [9.17, 15) is 0 Å². The molecule has 3 rings (SSSR count). The van der Waals surface area contributed by atoms with Gasteiger partial charge in [0.25, 0.3) is 0 Å². The van der Waals surface area contributed by atoms with Crippen molar-refractivity contribution in [1.82, 2.24) is 10.3 Å². The van der Waals surface area contributed by atoms with Crippen molar-refractivity contribution in [2.24, 2.45) is 0 Å². The summed E-state index contributed by atoms with van der Waals surface area (Å²) in [5, 5.41) is 3.41. The average Bonchev–Trinajstić information content (AvgIpc) is 2.95. The van der Waals surface area contributed by atoms with E-state index in [0.29, 0.717) is 5.88 Å². The van der Waals surface area contributed by atoms with Crippen molar-refractivity contribution in [3.63, 3.8) is 0 Å². The number of rotatable bonds is 5. The molecule has 0 saturated heterocycles. The standard InChI is InChI=1S/C18H22N2O/c1-3-19-13(2)17-8-5-11-20-18(17)21-16-10-9-14-6-4-7-15(14)12-16/h5,8-13,19H,3-4,6-7H2,1-2H3. The molecule has 0 saturated carbocycles. The van der Waals surface area contributed by atoms with Gasteiger partial charge in [0.1, 0.15) is 5.75 Å². The van der Waals surface area contributed by atoms with Gasteiger partial charge in [-0.2, -0.15) is 0 Å². The Balaban J connectivity index is 1.84. The summed E-state index contributed by atoms with van der Waals surface area (Å²) in [6.45, 7) is 5.16. The number of nitrogens with one attached hydrogen (secondary N) is 1. The van der Waals surface area contributed by atoms with Crippen molar-refractivity contribution >= 4 is 0 Å². The molecule has 0 fully saturated rings. The van der Waals surface area contributed by atoms with E-state index >= 15 is 0 Å². The van der Waals surface area contributed by atoms with Crippen molar-refractivity contribution < 1.29 is 4.74 Å². The molecule has 2 aromatic rings. The van der Waals surface area contributed by atoms with E-state index in [-0.39, 0.29) is 6.04 Å². The molecule has 1 aromatic heterocycles. The Bertz CT molecular complexity index is 624. The number of aryl methyl sites for hydroxylation is 2. The predicted octanol–water partition coefficient (Wildman–Crippen LogP) is 4.03. The SMILES string of the molecule is CCNC(C)c1cccnc1Oc1ccc2c(c1)CCC2. The lowest BCUT2D eigenvalue weighted by molar-refractivity contribution is 0.443. The molecule has 0 aliphatic heterocycles. The highest BCUT2D eigenvalue weighted by Crippen LogP contribution is 2.31. The Kier molecular flexibility index (Phi) is 4.20. The highest BCUT2D eigenvalue weighted by Gasteiger charge is 2.15. The van der Waals surface area contributed by atoms with Gasteiger partial charge in [-0.25, -0.2) is 4.98 Å². The molecule has 1 aliphatic rings. The van der Waals surface area contributed by atoms with Gasteiger partial charge in [0.2, 0.25) is 5.88 Å². The molecule has 1 aliphatic carbocycles. The van der Waals surface area contributed by atoms with Crippen LogP contribution in [0.15, 0.2) is 36.5 Å². The van der Waals surface area contributed by atoms with Crippen LogP contribution in [-0.4, -0.2) is 11.5 Å². The third-order valence-electron chi connectivity index (χ3n) is 4.06. The molecule has 0 spiro atoms. The van der Waals surface area contributed by atoms with Gasteiger partial charge in [-0.1, -0.05) is 19.1 Å². The van der Waals surface area contributed by atoms with E-state index in [1.54, 1.807) is 6.20 Å². The molecular weight excluding hydrogens is 260 g/mol. The summed E-state index contributed by atoms with van der Waals surface area (Å²) >= 11 is 0. The zero-order valence-corrected chi connectivity index (χ0v) is 12.7. The maximum absolute atomic E-state index is 6.05. The first-order chi connectivity index (χ1) is 10.3. The first-order valence-corrected chi connectivity index (χ1v) is 7.76. The summed E-state index contributed by atoms with van der Waals surface area (Å²) < 4.78 is 6.05. The molecule has 0 amide bonds. The largest absolute Gasteiger partial charge is 0.439 e. The lowest BCUT2D eigenvalue weighted by atomic mass is 10.1. The fraction of sp³-hybridized carbons (Fsp3) is 0.389. The lowest BCUT2D eigenvalue weighted by Gasteiger charge is -2.16. The molecular formula is C18H22N2O. The number of fused-ring (bicyclic) bond motifs is 1. The number of pyridine rings is 1. The van der Waals surface area contributed by atoms with Gasteiger partial charge in [0, 0.05) is 17.8 Å². The minimum Gasteiger partial charge on any atom is -0.439 e. The van der Waals surface area contributed by atoms with E-state index in [2.05, 4.69) is 48.4 Å². The molecule has 3 nitrogen and oxygen atoms in total. The van der Waals surface area contributed by atoms with Gasteiger partial charge in [-0.3, -0.25) is 0 Å². The van der Waals surface area contributed by atoms with Crippen LogP contribution in [0.3, 0.4) is 0 Å². The highest BCUT2D eigenvalue weighted by molar-refractivity contribution is 5.41. The smallest absolute Gasteiger partial charge is 0.223 e. The number of nitrogens with zero attached hydrogens (tertiary/aromatic N) is 1. The summed E-state index contributed by atoms with van der Waals surface area (Å²) in [5.41, 5.74) is 3.98. The van der Waals surface area contributed by atoms with Crippen LogP contribution in [-0.2, 0) is 12.8 Å². The lowest BCUT2D eigenvalue weighted by Crippen LogP contribution is -2.18. The number of ether oxygens (including phenoxy) is 1. The van der Waals surface area contributed by atoms with Gasteiger partial charge < -0.3 is 10.1 Å². The Morgan fingerprint density at radius 3 is 2.95 bits per heavy atom. The summed E-state index contributed by atoms with van der Waals surface area (Å²) in [6.07, 6.45) is 5.40. The Morgan fingerprint density at radius 2 is 2.10 bits per heavy atom. The third-order valence-corrected chi connectivity index (χ3v) is 4.06.